The standard InChI is InChI=1S/C18H18F3NO2/c1-12-9-13(2)16(14(3)10-12)22(18(19,20)21)17(23)24-11-15-7-5-4-6-8-15/h4-10H,11H2,1-3H3. The van der Waals surface area contributed by atoms with Crippen molar-refractivity contribution in [1.82, 2.24) is 0 Å². The molecule has 3 nitrogen and oxygen atoms in total. The maximum atomic E-state index is 13.5. The molecular formula is C18H18F3NO2. The number of anilines is 1. The molecule has 0 aliphatic rings. The van der Waals surface area contributed by atoms with E-state index in [-0.39, 0.29) is 17.2 Å². The molecule has 0 spiro atoms. The molecule has 2 aromatic rings. The molecule has 0 unspecified atom stereocenters. The molecule has 0 atom stereocenters. The normalized spacial score (nSPS) is 11.2. The van der Waals surface area contributed by atoms with Gasteiger partial charge in [-0.25, -0.2) is 4.79 Å². The summed E-state index contributed by atoms with van der Waals surface area (Å²) >= 11 is 0. The Morgan fingerprint density at radius 2 is 1.58 bits per heavy atom. The summed E-state index contributed by atoms with van der Waals surface area (Å²) in [6.45, 7) is 4.64. The third kappa shape index (κ3) is 4.07. The summed E-state index contributed by atoms with van der Waals surface area (Å²) in [5.74, 6) is 0. The third-order valence-corrected chi connectivity index (χ3v) is 3.50. The van der Waals surface area contributed by atoms with E-state index in [0.717, 1.165) is 5.56 Å². The minimum Gasteiger partial charge on any atom is -0.444 e. The predicted octanol–water partition coefficient (Wildman–Crippen LogP) is 5.27. The van der Waals surface area contributed by atoms with Crippen LogP contribution in [0.4, 0.5) is 23.7 Å². The fourth-order valence-electron chi connectivity index (χ4n) is 2.63. The van der Waals surface area contributed by atoms with Gasteiger partial charge < -0.3 is 4.74 Å². The largest absolute Gasteiger partial charge is 0.494 e. The number of hydrogen-bond acceptors (Lipinski definition) is 2. The molecule has 0 saturated heterocycles. The van der Waals surface area contributed by atoms with Crippen LogP contribution in [0.15, 0.2) is 42.5 Å². The van der Waals surface area contributed by atoms with Gasteiger partial charge in [0.15, 0.2) is 0 Å². The Morgan fingerprint density at radius 3 is 2.08 bits per heavy atom. The van der Waals surface area contributed by atoms with Gasteiger partial charge in [0.1, 0.15) is 6.61 Å². The molecule has 1 amide bonds. The highest BCUT2D eigenvalue weighted by Crippen LogP contribution is 2.35. The molecule has 0 aliphatic heterocycles. The van der Waals surface area contributed by atoms with Crippen molar-refractivity contribution in [1.29, 1.82) is 0 Å². The Bertz CT molecular complexity index is 704. The van der Waals surface area contributed by atoms with E-state index in [9.17, 15) is 18.0 Å². The van der Waals surface area contributed by atoms with E-state index in [1.165, 1.54) is 0 Å². The van der Waals surface area contributed by atoms with Gasteiger partial charge >= 0.3 is 12.4 Å². The second-order valence-electron chi connectivity index (χ2n) is 5.59. The highest BCUT2D eigenvalue weighted by atomic mass is 19.4. The molecule has 2 aromatic carbocycles. The molecule has 2 rings (SSSR count). The van der Waals surface area contributed by atoms with Crippen LogP contribution in [0, 0.1) is 20.8 Å². The number of nitrogens with zero attached hydrogens (tertiary/aromatic N) is 1. The fourth-order valence-corrected chi connectivity index (χ4v) is 2.63. The second-order valence-corrected chi connectivity index (χ2v) is 5.59. The third-order valence-electron chi connectivity index (χ3n) is 3.50. The summed E-state index contributed by atoms with van der Waals surface area (Å²) in [5, 5.41) is 0. The summed E-state index contributed by atoms with van der Waals surface area (Å²) in [5.41, 5.74) is 1.98. The van der Waals surface area contributed by atoms with Crippen molar-refractivity contribution >= 4 is 11.8 Å². The summed E-state index contributed by atoms with van der Waals surface area (Å²) in [4.78, 5) is 11.9. The lowest BCUT2D eigenvalue weighted by Gasteiger charge is -2.27. The van der Waals surface area contributed by atoms with Gasteiger partial charge in [-0.05, 0) is 37.5 Å². The van der Waals surface area contributed by atoms with E-state index in [1.807, 2.05) is 0 Å². The SMILES string of the molecule is Cc1cc(C)c(N(C(=O)OCc2ccccc2)C(F)(F)F)c(C)c1. The van der Waals surface area contributed by atoms with Crippen molar-refractivity contribution in [2.45, 2.75) is 33.7 Å². The number of amides is 1. The first-order valence-electron chi connectivity index (χ1n) is 7.35. The fraction of sp³-hybridized carbons (Fsp3) is 0.278. The molecule has 0 radical (unpaired) electrons. The summed E-state index contributed by atoms with van der Waals surface area (Å²) in [7, 11) is 0. The average molecular weight is 337 g/mol. The van der Waals surface area contributed by atoms with Crippen molar-refractivity contribution in [3.05, 3.63) is 64.7 Å². The molecule has 0 N–H and O–H groups in total. The topological polar surface area (TPSA) is 29.5 Å². The molecule has 0 saturated carbocycles. The number of rotatable bonds is 3. The number of hydrogen-bond donors (Lipinski definition) is 0. The monoisotopic (exact) mass is 337 g/mol. The molecule has 0 aliphatic carbocycles. The van der Waals surface area contributed by atoms with Gasteiger partial charge in [0.25, 0.3) is 0 Å². The van der Waals surface area contributed by atoms with E-state index >= 15 is 0 Å². The van der Waals surface area contributed by atoms with Gasteiger partial charge in [-0.3, -0.25) is 0 Å². The summed E-state index contributed by atoms with van der Waals surface area (Å²) in [6, 6.07) is 11.8. The lowest BCUT2D eigenvalue weighted by molar-refractivity contribution is -0.125. The second kappa shape index (κ2) is 6.95. The molecule has 0 fully saturated rings. The van der Waals surface area contributed by atoms with Crippen LogP contribution in [0.3, 0.4) is 0 Å². The van der Waals surface area contributed by atoms with Crippen LogP contribution in [-0.2, 0) is 11.3 Å². The molecule has 0 aromatic heterocycles. The Hall–Kier alpha value is -2.50. The highest BCUT2D eigenvalue weighted by molar-refractivity contribution is 5.90. The van der Waals surface area contributed by atoms with Crippen LogP contribution in [0.2, 0.25) is 0 Å². The zero-order chi connectivity index (χ0) is 17.9. The lowest BCUT2D eigenvalue weighted by Crippen LogP contribution is -2.44. The van der Waals surface area contributed by atoms with Gasteiger partial charge in [-0.2, -0.15) is 4.90 Å². The molecular weight excluding hydrogens is 319 g/mol. The summed E-state index contributed by atoms with van der Waals surface area (Å²) in [6.07, 6.45) is -6.32. The van der Waals surface area contributed by atoms with Crippen LogP contribution in [0.5, 0.6) is 0 Å². The first-order chi connectivity index (χ1) is 11.2. The van der Waals surface area contributed by atoms with Crippen LogP contribution in [-0.4, -0.2) is 12.4 Å². The minimum absolute atomic E-state index is 0.189. The van der Waals surface area contributed by atoms with Crippen molar-refractivity contribution in [2.24, 2.45) is 0 Å². The van der Waals surface area contributed by atoms with Crippen LogP contribution < -0.4 is 4.90 Å². The maximum absolute atomic E-state index is 13.5. The van der Waals surface area contributed by atoms with Gasteiger partial charge in [0, 0.05) is 0 Å². The number of carbonyl (C=O) groups is 1. The average Bonchev–Trinajstić information content (AvgIpc) is 2.48. The van der Waals surface area contributed by atoms with Gasteiger partial charge in [-0.1, -0.05) is 48.0 Å². The zero-order valence-corrected chi connectivity index (χ0v) is 13.6. The van der Waals surface area contributed by atoms with Gasteiger partial charge in [-0.15, -0.1) is 13.2 Å². The first-order valence-corrected chi connectivity index (χ1v) is 7.35. The quantitative estimate of drug-likeness (QED) is 0.714. The minimum atomic E-state index is -4.88. The van der Waals surface area contributed by atoms with Gasteiger partial charge in [0.2, 0.25) is 0 Å². The van der Waals surface area contributed by atoms with Crippen molar-refractivity contribution in [3.8, 4) is 0 Å². The number of halogens is 3. The molecule has 24 heavy (non-hydrogen) atoms. The van der Waals surface area contributed by atoms with E-state index in [1.54, 1.807) is 63.2 Å². The number of benzene rings is 2. The van der Waals surface area contributed by atoms with Gasteiger partial charge in [0.05, 0.1) is 5.69 Å². The zero-order valence-electron chi connectivity index (χ0n) is 13.6. The molecule has 6 heteroatoms. The number of carbonyl (C=O) groups excluding carboxylic acids is 1. The van der Waals surface area contributed by atoms with Crippen molar-refractivity contribution in [2.75, 3.05) is 4.90 Å². The Labute approximate surface area is 138 Å². The molecule has 0 heterocycles. The van der Waals surface area contributed by atoms with E-state index in [4.69, 9.17) is 4.74 Å². The van der Waals surface area contributed by atoms with Crippen LogP contribution >= 0.6 is 0 Å². The Kier molecular flexibility index (Phi) is 5.17. The van der Waals surface area contributed by atoms with E-state index < -0.39 is 12.4 Å². The van der Waals surface area contributed by atoms with Crippen LogP contribution in [0.1, 0.15) is 22.3 Å². The summed E-state index contributed by atoms with van der Waals surface area (Å²) < 4.78 is 45.3. The maximum Gasteiger partial charge on any atom is 0.494 e. The Morgan fingerprint density at radius 1 is 1.04 bits per heavy atom. The molecule has 128 valence electrons. The number of ether oxygens (including phenoxy) is 1. The van der Waals surface area contributed by atoms with Crippen molar-refractivity contribution < 1.29 is 22.7 Å². The molecule has 0 bridgehead atoms. The number of alkyl halides is 3. The number of aryl methyl sites for hydroxylation is 3. The first kappa shape index (κ1) is 17.8. The smallest absolute Gasteiger partial charge is 0.444 e. The highest BCUT2D eigenvalue weighted by Gasteiger charge is 2.44. The van der Waals surface area contributed by atoms with Crippen molar-refractivity contribution in [3.63, 3.8) is 0 Å². The van der Waals surface area contributed by atoms with Crippen LogP contribution in [0.25, 0.3) is 0 Å². The Balaban J connectivity index is 2.31. The van der Waals surface area contributed by atoms with E-state index in [2.05, 4.69) is 0 Å². The predicted molar refractivity (Wildman–Crippen MR) is 85.8 cm³/mol. The van der Waals surface area contributed by atoms with E-state index in [0.29, 0.717) is 16.7 Å². The lowest BCUT2D eigenvalue weighted by atomic mass is 10.0.